The first kappa shape index (κ1) is 17.1. The van der Waals surface area contributed by atoms with Crippen LogP contribution in [0.1, 0.15) is 6.92 Å². The zero-order valence-electron chi connectivity index (χ0n) is 11.5. The Bertz CT molecular complexity index is 1020. The molecule has 0 spiro atoms. The molecule has 0 unspecified atom stereocenters. The molecule has 2 aromatic carbocycles. The van der Waals surface area contributed by atoms with Crippen LogP contribution in [0.3, 0.4) is 0 Å². The van der Waals surface area contributed by atoms with Crippen LogP contribution in [0, 0.1) is 0 Å². The van der Waals surface area contributed by atoms with Crippen LogP contribution in [0.15, 0.2) is 34.1 Å². The van der Waals surface area contributed by atoms with Gasteiger partial charge in [-0.05, 0) is 17.5 Å². The zero-order valence-corrected chi connectivity index (χ0v) is 13.1. The molecule has 0 aromatic heterocycles. The van der Waals surface area contributed by atoms with E-state index in [1.807, 2.05) is 0 Å². The minimum absolute atomic E-state index is 0.0220. The van der Waals surface area contributed by atoms with Crippen LogP contribution >= 0.6 is 0 Å². The Balaban J connectivity index is 2.97. The van der Waals surface area contributed by atoms with Gasteiger partial charge in [0.2, 0.25) is 5.91 Å². The Morgan fingerprint density at radius 2 is 1.65 bits per heavy atom. The lowest BCUT2D eigenvalue weighted by Crippen LogP contribution is -2.11. The van der Waals surface area contributed by atoms with Crippen molar-refractivity contribution >= 4 is 42.6 Å². The summed E-state index contributed by atoms with van der Waals surface area (Å²) >= 11 is 0. The molecule has 124 valence electrons. The third kappa shape index (κ3) is 3.42. The largest absolute Gasteiger partial charge is 0.507 e. The van der Waals surface area contributed by atoms with Gasteiger partial charge in [0, 0.05) is 18.4 Å². The van der Waals surface area contributed by atoms with Gasteiger partial charge < -0.3 is 10.4 Å². The molecule has 11 heteroatoms. The van der Waals surface area contributed by atoms with Crippen molar-refractivity contribution in [2.24, 2.45) is 0 Å². The maximum atomic E-state index is 11.4. The van der Waals surface area contributed by atoms with Crippen LogP contribution in [-0.4, -0.2) is 37.0 Å². The zero-order chi connectivity index (χ0) is 17.6. The molecule has 0 atom stereocenters. The van der Waals surface area contributed by atoms with Gasteiger partial charge in [-0.25, -0.2) is 0 Å². The fraction of sp³-hybridized carbons (Fsp3) is 0.0833. The number of amides is 1. The molecule has 2 rings (SSSR count). The molecule has 0 saturated heterocycles. The normalized spacial score (nSPS) is 12.3. The molecule has 0 aliphatic rings. The summed E-state index contributed by atoms with van der Waals surface area (Å²) in [6.07, 6.45) is 0. The Morgan fingerprint density at radius 3 is 2.13 bits per heavy atom. The van der Waals surface area contributed by atoms with Crippen molar-refractivity contribution < 1.29 is 35.8 Å². The molecule has 9 nitrogen and oxygen atoms in total. The maximum Gasteiger partial charge on any atom is 0.296 e. The molecule has 0 aliphatic carbocycles. The highest BCUT2D eigenvalue weighted by Crippen LogP contribution is 2.38. The molecule has 0 saturated carbocycles. The van der Waals surface area contributed by atoms with Crippen molar-refractivity contribution in [1.29, 1.82) is 0 Å². The Kier molecular flexibility index (Phi) is 4.07. The van der Waals surface area contributed by atoms with Gasteiger partial charge in [-0.2, -0.15) is 16.8 Å². The number of hydrogen-bond acceptors (Lipinski definition) is 6. The van der Waals surface area contributed by atoms with Crippen molar-refractivity contribution in [3.05, 3.63) is 24.3 Å². The van der Waals surface area contributed by atoms with E-state index >= 15 is 0 Å². The third-order valence-electron chi connectivity index (χ3n) is 2.91. The summed E-state index contributed by atoms with van der Waals surface area (Å²) < 4.78 is 63.4. The summed E-state index contributed by atoms with van der Waals surface area (Å²) in [5.41, 5.74) is -0.406. The van der Waals surface area contributed by atoms with E-state index in [1.165, 1.54) is 0 Å². The van der Waals surface area contributed by atoms with Crippen molar-refractivity contribution in [2.75, 3.05) is 5.32 Å². The smallest absolute Gasteiger partial charge is 0.296 e. The van der Waals surface area contributed by atoms with Gasteiger partial charge in [-0.3, -0.25) is 13.9 Å². The van der Waals surface area contributed by atoms with E-state index in [-0.39, 0.29) is 10.8 Å². The van der Waals surface area contributed by atoms with Crippen LogP contribution in [0.4, 0.5) is 5.69 Å². The molecule has 0 aliphatic heterocycles. The Labute approximate surface area is 131 Å². The fourth-order valence-corrected chi connectivity index (χ4v) is 3.25. The predicted octanol–water partition coefficient (Wildman–Crippen LogP) is 0.997. The standard InChI is InChI=1S/C12H11NO8S2/c1-6(14)13-12-10(23(19,20)21)3-2-7-4-8(22(16,17)18)5-9(15)11(7)12/h2-5,15H,1H3,(H,13,14)(H,16,17,18)(H,19,20,21). The SMILES string of the molecule is CC(=O)Nc1c(S(=O)(=O)O)ccc2cc(S(=O)(=O)O)cc(O)c12. The van der Waals surface area contributed by atoms with E-state index in [0.717, 1.165) is 25.1 Å². The average Bonchev–Trinajstić information content (AvgIpc) is 2.34. The van der Waals surface area contributed by atoms with Crippen LogP contribution in [0.5, 0.6) is 5.75 Å². The molecule has 2 aromatic rings. The minimum atomic E-state index is -4.72. The molecule has 1 amide bonds. The van der Waals surface area contributed by atoms with E-state index in [4.69, 9.17) is 4.55 Å². The molecule has 0 heterocycles. The van der Waals surface area contributed by atoms with Crippen LogP contribution in [0.2, 0.25) is 0 Å². The second kappa shape index (κ2) is 5.45. The number of fused-ring (bicyclic) bond motifs is 1. The lowest BCUT2D eigenvalue weighted by atomic mass is 10.1. The highest BCUT2D eigenvalue weighted by Gasteiger charge is 2.22. The number of carbonyl (C=O) groups is 1. The minimum Gasteiger partial charge on any atom is -0.507 e. The van der Waals surface area contributed by atoms with Gasteiger partial charge >= 0.3 is 0 Å². The quantitative estimate of drug-likeness (QED) is 0.589. The third-order valence-corrected chi connectivity index (χ3v) is 4.64. The summed E-state index contributed by atoms with van der Waals surface area (Å²) in [4.78, 5) is 9.98. The summed E-state index contributed by atoms with van der Waals surface area (Å²) in [5.74, 6) is -1.38. The number of hydrogen-bond donors (Lipinski definition) is 4. The number of nitrogens with one attached hydrogen (secondary N) is 1. The highest BCUT2D eigenvalue weighted by atomic mass is 32.2. The van der Waals surface area contributed by atoms with Gasteiger partial charge in [0.1, 0.15) is 10.6 Å². The van der Waals surface area contributed by atoms with Crippen molar-refractivity contribution in [3.8, 4) is 5.75 Å². The summed E-state index contributed by atoms with van der Waals surface area (Å²) in [6.45, 7) is 1.08. The van der Waals surface area contributed by atoms with Crippen LogP contribution in [-0.2, 0) is 25.0 Å². The monoisotopic (exact) mass is 361 g/mol. The first-order chi connectivity index (χ1) is 10.4. The van der Waals surface area contributed by atoms with Gasteiger partial charge in [0.05, 0.1) is 10.6 Å². The summed E-state index contributed by atoms with van der Waals surface area (Å²) in [7, 11) is -9.33. The number of carbonyl (C=O) groups excluding carboxylic acids is 1. The maximum absolute atomic E-state index is 11.4. The molecular formula is C12H11NO8S2. The lowest BCUT2D eigenvalue weighted by Gasteiger charge is -2.13. The topological polar surface area (TPSA) is 158 Å². The molecule has 0 bridgehead atoms. The Morgan fingerprint density at radius 1 is 1.04 bits per heavy atom. The van der Waals surface area contributed by atoms with Crippen molar-refractivity contribution in [1.82, 2.24) is 0 Å². The van der Waals surface area contributed by atoms with Crippen molar-refractivity contribution in [2.45, 2.75) is 16.7 Å². The van der Waals surface area contributed by atoms with Crippen molar-refractivity contribution in [3.63, 3.8) is 0 Å². The van der Waals surface area contributed by atoms with E-state index in [0.29, 0.717) is 6.07 Å². The van der Waals surface area contributed by atoms with E-state index in [1.54, 1.807) is 0 Å². The van der Waals surface area contributed by atoms with Crippen LogP contribution in [0.25, 0.3) is 10.8 Å². The molecule has 0 radical (unpaired) electrons. The highest BCUT2D eigenvalue weighted by molar-refractivity contribution is 7.86. The first-order valence-electron chi connectivity index (χ1n) is 5.93. The number of anilines is 1. The second-order valence-electron chi connectivity index (χ2n) is 4.61. The molecular weight excluding hydrogens is 350 g/mol. The van der Waals surface area contributed by atoms with Gasteiger partial charge in [0.25, 0.3) is 20.2 Å². The lowest BCUT2D eigenvalue weighted by molar-refractivity contribution is -0.114. The number of benzene rings is 2. The average molecular weight is 361 g/mol. The van der Waals surface area contributed by atoms with E-state index < -0.39 is 47.4 Å². The number of aromatic hydroxyl groups is 1. The van der Waals surface area contributed by atoms with Gasteiger partial charge in [0.15, 0.2) is 0 Å². The molecule has 4 N–H and O–H groups in total. The second-order valence-corrected chi connectivity index (χ2v) is 7.42. The number of rotatable bonds is 3. The predicted molar refractivity (Wildman–Crippen MR) is 79.5 cm³/mol. The molecule has 23 heavy (non-hydrogen) atoms. The van der Waals surface area contributed by atoms with E-state index in [2.05, 4.69) is 5.32 Å². The summed E-state index contributed by atoms with van der Waals surface area (Å²) in [5, 5.41) is 12.0. The summed E-state index contributed by atoms with van der Waals surface area (Å²) in [6, 6.07) is 3.70. The first-order valence-corrected chi connectivity index (χ1v) is 8.81. The van der Waals surface area contributed by atoms with E-state index in [9.17, 15) is 31.3 Å². The number of phenols is 1. The van der Waals surface area contributed by atoms with Gasteiger partial charge in [-0.15, -0.1) is 0 Å². The number of phenolic OH excluding ortho intramolecular Hbond substituents is 1. The Hall–Kier alpha value is -2.21. The molecule has 0 fully saturated rings. The van der Waals surface area contributed by atoms with Crippen LogP contribution < -0.4 is 5.32 Å². The fourth-order valence-electron chi connectivity index (χ4n) is 2.06. The van der Waals surface area contributed by atoms with Gasteiger partial charge in [-0.1, -0.05) is 6.07 Å².